The molecule has 31 heavy (non-hydrogen) atoms. The third kappa shape index (κ3) is 3.51. The van der Waals surface area contributed by atoms with Crippen molar-refractivity contribution < 1.29 is 9.53 Å². The van der Waals surface area contributed by atoms with Gasteiger partial charge in [-0.3, -0.25) is 4.79 Å². The fourth-order valence-electron chi connectivity index (χ4n) is 4.48. The molecule has 158 valence electrons. The van der Waals surface area contributed by atoms with Crippen LogP contribution in [-0.4, -0.2) is 27.7 Å². The number of allylic oxidation sites excluding steroid dienone is 2. The van der Waals surface area contributed by atoms with Crippen molar-refractivity contribution in [3.8, 4) is 17.1 Å². The number of aromatic nitrogens is 3. The van der Waals surface area contributed by atoms with Crippen molar-refractivity contribution in [3.63, 3.8) is 0 Å². The first-order chi connectivity index (χ1) is 14.8. The number of halogens is 1. The zero-order chi connectivity index (χ0) is 21.8. The number of hydrogen-bond acceptors (Lipinski definition) is 5. The molecule has 5 rings (SSSR count). The third-order valence-electron chi connectivity index (χ3n) is 5.82. The van der Waals surface area contributed by atoms with Crippen LogP contribution in [0.25, 0.3) is 11.4 Å². The zero-order valence-corrected chi connectivity index (χ0v) is 18.4. The van der Waals surface area contributed by atoms with Gasteiger partial charge < -0.3 is 10.1 Å². The van der Waals surface area contributed by atoms with Gasteiger partial charge in [0.15, 0.2) is 11.6 Å². The summed E-state index contributed by atoms with van der Waals surface area (Å²) in [6, 6.07) is 14.9. The lowest BCUT2D eigenvalue weighted by atomic mass is 9.73. The summed E-state index contributed by atoms with van der Waals surface area (Å²) >= 11 is 6.18. The summed E-state index contributed by atoms with van der Waals surface area (Å²) < 4.78 is 7.25. The smallest absolute Gasteiger partial charge is 0.226 e. The largest absolute Gasteiger partial charge is 0.497 e. The van der Waals surface area contributed by atoms with E-state index in [0.717, 1.165) is 34.6 Å². The quantitative estimate of drug-likeness (QED) is 0.608. The van der Waals surface area contributed by atoms with Crippen molar-refractivity contribution >= 4 is 23.3 Å². The average Bonchev–Trinajstić information content (AvgIpc) is 3.15. The topological polar surface area (TPSA) is 69.0 Å². The molecule has 1 aliphatic heterocycles. The number of hydrogen-bond donors (Lipinski definition) is 1. The molecule has 0 saturated carbocycles. The van der Waals surface area contributed by atoms with E-state index in [1.165, 1.54) is 0 Å². The normalized spacial score (nSPS) is 19.5. The van der Waals surface area contributed by atoms with Crippen LogP contribution in [0, 0.1) is 5.41 Å². The molecular formula is C24H23ClN4O2. The van der Waals surface area contributed by atoms with Crippen LogP contribution in [0.5, 0.6) is 5.75 Å². The molecule has 0 radical (unpaired) electrons. The van der Waals surface area contributed by atoms with Crippen LogP contribution in [0.1, 0.15) is 38.3 Å². The van der Waals surface area contributed by atoms with Gasteiger partial charge in [-0.15, -0.1) is 5.10 Å². The summed E-state index contributed by atoms with van der Waals surface area (Å²) in [5, 5.41) is 8.82. The van der Waals surface area contributed by atoms with E-state index in [2.05, 4.69) is 19.2 Å². The number of benzene rings is 2. The molecule has 2 aromatic carbocycles. The SMILES string of the molecule is COc1cccc([C@H]2C3=C(CC(C)(C)CC3=O)Nc3nc(-c4cccc(Cl)c4)nn32)c1. The molecule has 1 N–H and O–H groups in total. The molecule has 0 saturated heterocycles. The van der Waals surface area contributed by atoms with Gasteiger partial charge in [0.25, 0.3) is 0 Å². The standard InChI is InChI=1S/C24H23ClN4O2/c1-24(2)12-18-20(19(30)13-24)21(14-6-5-9-17(11-14)31-3)29-23(26-18)27-22(28-29)15-7-4-8-16(25)10-15/h4-11,21H,12-13H2,1-3H3,(H,26,27,28)/t21-/m0/s1. The fourth-order valence-corrected chi connectivity index (χ4v) is 4.67. The van der Waals surface area contributed by atoms with Crippen molar-refractivity contribution in [1.82, 2.24) is 14.8 Å². The van der Waals surface area contributed by atoms with E-state index in [-0.39, 0.29) is 17.2 Å². The van der Waals surface area contributed by atoms with Gasteiger partial charge in [0.2, 0.25) is 5.95 Å². The highest BCUT2D eigenvalue weighted by Gasteiger charge is 2.42. The van der Waals surface area contributed by atoms with Crippen LogP contribution in [0.3, 0.4) is 0 Å². The number of fused-ring (bicyclic) bond motifs is 1. The number of ketones is 1. The summed E-state index contributed by atoms with van der Waals surface area (Å²) in [4.78, 5) is 18.1. The van der Waals surface area contributed by atoms with Crippen molar-refractivity contribution in [2.24, 2.45) is 5.41 Å². The van der Waals surface area contributed by atoms with Gasteiger partial charge in [0.05, 0.1) is 7.11 Å². The van der Waals surface area contributed by atoms with E-state index in [0.29, 0.717) is 23.2 Å². The lowest BCUT2D eigenvalue weighted by molar-refractivity contribution is -0.118. The molecule has 0 spiro atoms. The maximum atomic E-state index is 13.3. The van der Waals surface area contributed by atoms with Crippen molar-refractivity contribution in [3.05, 3.63) is 70.4 Å². The van der Waals surface area contributed by atoms with Gasteiger partial charge in [0, 0.05) is 28.3 Å². The van der Waals surface area contributed by atoms with Gasteiger partial charge in [-0.2, -0.15) is 4.98 Å². The Morgan fingerprint density at radius 3 is 2.74 bits per heavy atom. The second-order valence-electron chi connectivity index (χ2n) is 8.85. The first kappa shape index (κ1) is 19.8. The first-order valence-corrected chi connectivity index (χ1v) is 10.6. The monoisotopic (exact) mass is 434 g/mol. The second kappa shape index (κ2) is 7.24. The Kier molecular flexibility index (Phi) is 4.63. The number of anilines is 1. The Bertz CT molecular complexity index is 1230. The van der Waals surface area contributed by atoms with Crippen LogP contribution in [0.15, 0.2) is 59.8 Å². The molecule has 3 aromatic rings. The molecule has 1 aromatic heterocycles. The molecule has 0 amide bonds. The molecular weight excluding hydrogens is 412 g/mol. The Hall–Kier alpha value is -3.12. The van der Waals surface area contributed by atoms with Crippen molar-refractivity contribution in [2.75, 3.05) is 12.4 Å². The highest BCUT2D eigenvalue weighted by molar-refractivity contribution is 6.30. The van der Waals surface area contributed by atoms with Crippen LogP contribution < -0.4 is 10.1 Å². The number of methoxy groups -OCH3 is 1. The first-order valence-electron chi connectivity index (χ1n) is 10.2. The zero-order valence-electron chi connectivity index (χ0n) is 17.6. The summed E-state index contributed by atoms with van der Waals surface area (Å²) in [6.45, 7) is 4.24. The summed E-state index contributed by atoms with van der Waals surface area (Å²) in [5.74, 6) is 2.05. The number of carbonyl (C=O) groups is 1. The predicted octanol–water partition coefficient (Wildman–Crippen LogP) is 5.27. The van der Waals surface area contributed by atoms with E-state index in [1.807, 2.05) is 48.5 Å². The molecule has 2 heterocycles. The molecule has 1 aliphatic carbocycles. The highest BCUT2D eigenvalue weighted by atomic mass is 35.5. The second-order valence-corrected chi connectivity index (χ2v) is 9.29. The van der Waals surface area contributed by atoms with Crippen molar-refractivity contribution in [1.29, 1.82) is 0 Å². The predicted molar refractivity (Wildman–Crippen MR) is 120 cm³/mol. The molecule has 1 atom stereocenters. The van der Waals surface area contributed by atoms with Crippen LogP contribution in [0.4, 0.5) is 5.95 Å². The number of rotatable bonds is 3. The van der Waals surface area contributed by atoms with Gasteiger partial charge in [0.1, 0.15) is 11.8 Å². The Morgan fingerprint density at radius 1 is 1.16 bits per heavy atom. The Labute approximate surface area is 185 Å². The van der Waals surface area contributed by atoms with Crippen molar-refractivity contribution in [2.45, 2.75) is 32.7 Å². The number of ether oxygens (including phenoxy) is 1. The van der Waals surface area contributed by atoms with Crippen LogP contribution >= 0.6 is 11.6 Å². The van der Waals surface area contributed by atoms with E-state index in [4.69, 9.17) is 26.4 Å². The van der Waals surface area contributed by atoms with Crippen LogP contribution in [-0.2, 0) is 4.79 Å². The molecule has 2 aliphatic rings. The lowest BCUT2D eigenvalue weighted by Gasteiger charge is -2.38. The summed E-state index contributed by atoms with van der Waals surface area (Å²) in [7, 11) is 1.64. The van der Waals surface area contributed by atoms with E-state index in [1.54, 1.807) is 11.8 Å². The maximum Gasteiger partial charge on any atom is 0.226 e. The van der Waals surface area contributed by atoms with Crippen LogP contribution in [0.2, 0.25) is 5.02 Å². The fraction of sp³-hybridized carbons (Fsp3) is 0.292. The molecule has 0 bridgehead atoms. The number of nitrogens with one attached hydrogen (secondary N) is 1. The summed E-state index contributed by atoms with van der Waals surface area (Å²) in [6.07, 6.45) is 1.27. The molecule has 7 heteroatoms. The summed E-state index contributed by atoms with van der Waals surface area (Å²) in [5.41, 5.74) is 3.32. The lowest BCUT2D eigenvalue weighted by Crippen LogP contribution is -2.36. The number of Topliss-reactive ketones (excluding diaryl/α,β-unsaturated/α-hetero) is 1. The Morgan fingerprint density at radius 2 is 1.97 bits per heavy atom. The third-order valence-corrected chi connectivity index (χ3v) is 6.06. The minimum atomic E-state index is -0.370. The van der Waals surface area contributed by atoms with Gasteiger partial charge in [-0.1, -0.05) is 49.7 Å². The minimum Gasteiger partial charge on any atom is -0.497 e. The molecule has 6 nitrogen and oxygen atoms in total. The van der Waals surface area contributed by atoms with E-state index in [9.17, 15) is 4.79 Å². The molecule has 0 fully saturated rings. The maximum absolute atomic E-state index is 13.3. The highest BCUT2D eigenvalue weighted by Crippen LogP contribution is 2.46. The van der Waals surface area contributed by atoms with Gasteiger partial charge in [-0.25, -0.2) is 4.68 Å². The number of nitrogens with zero attached hydrogens (tertiary/aromatic N) is 3. The Balaban J connectivity index is 1.69. The van der Waals surface area contributed by atoms with Gasteiger partial charge in [-0.05, 0) is 41.7 Å². The van der Waals surface area contributed by atoms with E-state index < -0.39 is 0 Å². The van der Waals surface area contributed by atoms with Gasteiger partial charge >= 0.3 is 0 Å². The molecule has 0 unspecified atom stereocenters. The minimum absolute atomic E-state index is 0.111. The number of carbonyl (C=O) groups excluding carboxylic acids is 1. The average molecular weight is 435 g/mol. The van der Waals surface area contributed by atoms with E-state index >= 15 is 0 Å².